The van der Waals surface area contributed by atoms with Gasteiger partial charge in [0.05, 0.1) is 0 Å². The summed E-state index contributed by atoms with van der Waals surface area (Å²) >= 11 is 1.55. The minimum Gasteiger partial charge on any atom is -0.361 e. The second-order valence-electron chi connectivity index (χ2n) is 1.85. The largest absolute Gasteiger partial charge is 0.361 e. The summed E-state index contributed by atoms with van der Waals surface area (Å²) < 4.78 is 0. The molecule has 3 N–H and O–H groups in total. The Morgan fingerprint density at radius 3 is 3.30 bits per heavy atom. The summed E-state index contributed by atoms with van der Waals surface area (Å²) in [6.45, 7) is 1.62. The summed E-state index contributed by atoms with van der Waals surface area (Å²) in [6.07, 6.45) is 3.72. The van der Waals surface area contributed by atoms with Crippen LogP contribution in [0.25, 0.3) is 0 Å². The predicted octanol–water partition coefficient (Wildman–Crippen LogP) is 0.704. The first-order valence-electron chi connectivity index (χ1n) is 3.19. The van der Waals surface area contributed by atoms with E-state index in [2.05, 4.69) is 16.5 Å². The van der Waals surface area contributed by atoms with Gasteiger partial charge in [-0.25, -0.2) is 4.98 Å². The van der Waals surface area contributed by atoms with Gasteiger partial charge in [-0.05, 0) is 13.0 Å². The van der Waals surface area contributed by atoms with Crippen molar-refractivity contribution in [2.45, 2.75) is 6.42 Å². The molecule has 0 saturated carbocycles. The number of nitrogens with two attached hydrogens (primary N) is 1. The topological polar surface area (TPSA) is 50.9 Å². The molecule has 0 unspecified atom stereocenters. The first kappa shape index (κ1) is 7.50. The molecule has 1 aromatic heterocycles. The fourth-order valence-corrected chi connectivity index (χ4v) is 1.08. The van der Waals surface area contributed by atoms with Crippen LogP contribution in [-0.2, 0) is 0 Å². The average Bonchev–Trinajstić information content (AvgIpc) is 2.41. The molecule has 0 aliphatic rings. The molecule has 0 fully saturated rings. The molecule has 0 atom stereocenters. The maximum absolute atomic E-state index is 5.30. The van der Waals surface area contributed by atoms with Crippen molar-refractivity contribution < 1.29 is 0 Å². The number of nitrogens with one attached hydrogen (secondary N) is 1. The SMILES string of the molecule is NCCCNc1n[c]cs1. The zero-order valence-corrected chi connectivity index (χ0v) is 6.45. The van der Waals surface area contributed by atoms with E-state index < -0.39 is 0 Å². The first-order valence-corrected chi connectivity index (χ1v) is 4.07. The Labute approximate surface area is 64.3 Å². The van der Waals surface area contributed by atoms with Gasteiger partial charge in [-0.15, -0.1) is 11.3 Å². The molecule has 3 nitrogen and oxygen atoms in total. The van der Waals surface area contributed by atoms with E-state index in [1.165, 1.54) is 0 Å². The number of anilines is 1. The Hall–Kier alpha value is -0.610. The van der Waals surface area contributed by atoms with Crippen LogP contribution in [0.1, 0.15) is 6.42 Å². The third kappa shape index (κ3) is 2.33. The molecule has 0 amide bonds. The predicted molar refractivity (Wildman–Crippen MR) is 43.1 cm³/mol. The number of hydrogen-bond donors (Lipinski definition) is 2. The van der Waals surface area contributed by atoms with Crippen molar-refractivity contribution >= 4 is 16.5 Å². The lowest BCUT2D eigenvalue weighted by molar-refractivity contribution is 0.873. The summed E-state index contributed by atoms with van der Waals surface area (Å²) in [6, 6.07) is 0. The van der Waals surface area contributed by atoms with Crippen molar-refractivity contribution in [1.82, 2.24) is 4.98 Å². The number of nitrogens with zero attached hydrogens (tertiary/aromatic N) is 1. The van der Waals surface area contributed by atoms with E-state index in [-0.39, 0.29) is 0 Å². The quantitative estimate of drug-likeness (QED) is 0.631. The number of rotatable bonds is 4. The van der Waals surface area contributed by atoms with Crippen molar-refractivity contribution in [1.29, 1.82) is 0 Å². The molecule has 1 heterocycles. The molecular formula is C6H10N3S. The third-order valence-electron chi connectivity index (χ3n) is 1.05. The maximum Gasteiger partial charge on any atom is 0.183 e. The smallest absolute Gasteiger partial charge is 0.183 e. The van der Waals surface area contributed by atoms with Crippen LogP contribution in [0.15, 0.2) is 5.38 Å². The van der Waals surface area contributed by atoms with Crippen LogP contribution in [0.4, 0.5) is 5.13 Å². The van der Waals surface area contributed by atoms with Crippen molar-refractivity contribution in [2.75, 3.05) is 18.4 Å². The van der Waals surface area contributed by atoms with Gasteiger partial charge >= 0.3 is 0 Å². The summed E-state index contributed by atoms with van der Waals surface area (Å²) in [5.74, 6) is 0. The molecule has 0 bridgehead atoms. The fourth-order valence-electron chi connectivity index (χ4n) is 0.572. The van der Waals surface area contributed by atoms with E-state index in [0.717, 1.165) is 24.6 Å². The van der Waals surface area contributed by atoms with E-state index >= 15 is 0 Å². The van der Waals surface area contributed by atoms with E-state index in [1.807, 2.05) is 5.38 Å². The Morgan fingerprint density at radius 1 is 1.80 bits per heavy atom. The molecule has 0 aliphatic heterocycles. The van der Waals surface area contributed by atoms with Crippen LogP contribution in [0, 0.1) is 6.20 Å². The van der Waals surface area contributed by atoms with E-state index in [9.17, 15) is 0 Å². The minimum absolute atomic E-state index is 0.724. The van der Waals surface area contributed by atoms with Crippen molar-refractivity contribution in [2.24, 2.45) is 5.73 Å². The lowest BCUT2D eigenvalue weighted by atomic mass is 10.4. The van der Waals surface area contributed by atoms with Gasteiger partial charge in [0, 0.05) is 11.9 Å². The fraction of sp³-hybridized carbons (Fsp3) is 0.500. The highest BCUT2D eigenvalue weighted by Crippen LogP contribution is 2.08. The molecule has 0 saturated heterocycles. The molecule has 0 spiro atoms. The van der Waals surface area contributed by atoms with Crippen LogP contribution >= 0.6 is 11.3 Å². The van der Waals surface area contributed by atoms with Gasteiger partial charge in [-0.1, -0.05) is 0 Å². The average molecular weight is 156 g/mol. The highest BCUT2D eigenvalue weighted by atomic mass is 32.1. The lowest BCUT2D eigenvalue weighted by Gasteiger charge is -1.97. The standard InChI is InChI=1S/C6H10N3S/c7-2-1-3-8-6-9-4-5-10-6/h5H,1-3,7H2,(H,8,9). The molecular weight excluding hydrogens is 146 g/mol. The number of thiazole rings is 1. The van der Waals surface area contributed by atoms with Gasteiger partial charge < -0.3 is 11.1 Å². The Morgan fingerprint density at radius 2 is 2.70 bits per heavy atom. The van der Waals surface area contributed by atoms with Gasteiger partial charge in [0.1, 0.15) is 6.20 Å². The van der Waals surface area contributed by atoms with E-state index in [4.69, 9.17) is 5.73 Å². The molecule has 1 radical (unpaired) electrons. The number of aromatic nitrogens is 1. The maximum atomic E-state index is 5.30. The molecule has 1 rings (SSSR count). The minimum atomic E-state index is 0.724. The molecule has 4 heteroatoms. The summed E-state index contributed by atoms with van der Waals surface area (Å²) in [5.41, 5.74) is 5.30. The normalized spacial score (nSPS) is 9.70. The van der Waals surface area contributed by atoms with E-state index in [0.29, 0.717) is 0 Å². The number of hydrogen-bond acceptors (Lipinski definition) is 4. The van der Waals surface area contributed by atoms with Gasteiger partial charge in [-0.3, -0.25) is 0 Å². The Kier molecular flexibility index (Phi) is 3.18. The van der Waals surface area contributed by atoms with Crippen LogP contribution in [0.5, 0.6) is 0 Å². The summed E-state index contributed by atoms with van der Waals surface area (Å²) in [5, 5.41) is 5.87. The highest BCUT2D eigenvalue weighted by molar-refractivity contribution is 7.13. The van der Waals surface area contributed by atoms with Crippen LogP contribution in [0.2, 0.25) is 0 Å². The molecule has 0 aromatic carbocycles. The van der Waals surface area contributed by atoms with Crippen molar-refractivity contribution in [3.05, 3.63) is 11.6 Å². The van der Waals surface area contributed by atoms with Crippen LogP contribution < -0.4 is 11.1 Å². The van der Waals surface area contributed by atoms with Crippen LogP contribution in [-0.4, -0.2) is 18.1 Å². The van der Waals surface area contributed by atoms with Crippen LogP contribution in [0.3, 0.4) is 0 Å². The molecule has 0 aliphatic carbocycles. The third-order valence-corrected chi connectivity index (χ3v) is 1.73. The zero-order valence-electron chi connectivity index (χ0n) is 5.63. The first-order chi connectivity index (χ1) is 4.93. The monoisotopic (exact) mass is 156 g/mol. The van der Waals surface area contributed by atoms with Gasteiger partial charge in [0.15, 0.2) is 5.13 Å². The summed E-state index contributed by atoms with van der Waals surface area (Å²) in [7, 11) is 0. The Balaban J connectivity index is 2.15. The molecule has 55 valence electrons. The highest BCUT2D eigenvalue weighted by Gasteiger charge is 1.90. The second kappa shape index (κ2) is 4.24. The van der Waals surface area contributed by atoms with Crippen molar-refractivity contribution in [3.8, 4) is 0 Å². The van der Waals surface area contributed by atoms with Gasteiger partial charge in [-0.2, -0.15) is 0 Å². The molecule has 10 heavy (non-hydrogen) atoms. The van der Waals surface area contributed by atoms with Gasteiger partial charge in [0.2, 0.25) is 0 Å². The van der Waals surface area contributed by atoms with Gasteiger partial charge in [0.25, 0.3) is 0 Å². The second-order valence-corrected chi connectivity index (χ2v) is 2.71. The zero-order chi connectivity index (χ0) is 7.23. The lowest BCUT2D eigenvalue weighted by Crippen LogP contribution is -2.07. The molecule has 1 aromatic rings. The van der Waals surface area contributed by atoms with E-state index in [1.54, 1.807) is 11.3 Å². The Bertz CT molecular complexity index is 162. The summed E-state index contributed by atoms with van der Waals surface area (Å²) in [4.78, 5) is 3.93. The van der Waals surface area contributed by atoms with Crippen molar-refractivity contribution in [3.63, 3.8) is 0 Å².